The highest BCUT2D eigenvalue weighted by molar-refractivity contribution is 6.35. The third kappa shape index (κ3) is 4.97. The van der Waals surface area contributed by atoms with Gasteiger partial charge in [0, 0.05) is 5.02 Å². The van der Waals surface area contributed by atoms with E-state index in [4.69, 9.17) is 37.7 Å². The molecule has 0 amide bonds. The Hall–Kier alpha value is -2.69. The van der Waals surface area contributed by atoms with Crippen LogP contribution in [0.1, 0.15) is 31.2 Å². The predicted molar refractivity (Wildman–Crippen MR) is 127 cm³/mol. The van der Waals surface area contributed by atoms with Crippen LogP contribution in [0.25, 0.3) is 11.0 Å². The van der Waals surface area contributed by atoms with E-state index in [0.717, 1.165) is 22.6 Å². The van der Waals surface area contributed by atoms with Crippen LogP contribution in [0.3, 0.4) is 0 Å². The van der Waals surface area contributed by atoms with Gasteiger partial charge in [0.25, 0.3) is 0 Å². The van der Waals surface area contributed by atoms with E-state index in [0.29, 0.717) is 41.5 Å². The molecule has 0 N–H and O–H groups in total. The van der Waals surface area contributed by atoms with Gasteiger partial charge >= 0.3 is 0 Å². The van der Waals surface area contributed by atoms with Crippen LogP contribution in [0.15, 0.2) is 66.7 Å². The molecule has 0 bridgehead atoms. The van der Waals surface area contributed by atoms with Gasteiger partial charge in [-0.3, -0.25) is 0 Å². The lowest BCUT2D eigenvalue weighted by Crippen LogP contribution is -2.13. The van der Waals surface area contributed by atoms with Gasteiger partial charge in [-0.1, -0.05) is 67.4 Å². The third-order valence-electron chi connectivity index (χ3n) is 5.10. The van der Waals surface area contributed by atoms with E-state index >= 15 is 0 Å². The number of imidazole rings is 1. The molecule has 0 aliphatic heterocycles. The molecule has 4 aromatic rings. The first-order chi connectivity index (χ1) is 15.0. The van der Waals surface area contributed by atoms with Crippen LogP contribution in [-0.2, 0) is 13.2 Å². The topological polar surface area (TPSA) is 36.3 Å². The van der Waals surface area contributed by atoms with E-state index in [1.807, 2.05) is 36.4 Å². The number of aromatic nitrogens is 2. The van der Waals surface area contributed by atoms with Gasteiger partial charge in [-0.2, -0.15) is 0 Å². The lowest BCUT2D eigenvalue weighted by atomic mass is 10.0. The SMILES string of the molecule is CC(C)c1ccccc1OCCn1c(COc2ccc(Cl)cc2Cl)nc2ccccc21. The van der Waals surface area contributed by atoms with Gasteiger partial charge in [0.15, 0.2) is 0 Å². The second kappa shape index (κ2) is 9.63. The Labute approximate surface area is 192 Å². The normalized spacial score (nSPS) is 11.3. The minimum Gasteiger partial charge on any atom is -0.491 e. The highest BCUT2D eigenvalue weighted by Crippen LogP contribution is 2.29. The molecule has 3 aromatic carbocycles. The van der Waals surface area contributed by atoms with E-state index in [-0.39, 0.29) is 0 Å². The van der Waals surface area contributed by atoms with E-state index < -0.39 is 0 Å². The summed E-state index contributed by atoms with van der Waals surface area (Å²) in [5.74, 6) is 2.71. The minimum atomic E-state index is 0.290. The summed E-state index contributed by atoms with van der Waals surface area (Å²) < 4.78 is 14.2. The molecule has 4 nitrogen and oxygen atoms in total. The Bertz CT molecular complexity index is 1190. The lowest BCUT2D eigenvalue weighted by molar-refractivity contribution is 0.271. The highest BCUT2D eigenvalue weighted by atomic mass is 35.5. The largest absolute Gasteiger partial charge is 0.491 e. The molecule has 0 aliphatic carbocycles. The Kier molecular flexibility index (Phi) is 6.69. The summed E-state index contributed by atoms with van der Waals surface area (Å²) in [5.41, 5.74) is 3.17. The number of halogens is 2. The van der Waals surface area contributed by atoms with Gasteiger partial charge in [0.2, 0.25) is 0 Å². The van der Waals surface area contributed by atoms with Crippen molar-refractivity contribution in [2.45, 2.75) is 32.9 Å². The van der Waals surface area contributed by atoms with Crippen LogP contribution in [0.2, 0.25) is 10.0 Å². The summed E-state index contributed by atoms with van der Waals surface area (Å²) in [7, 11) is 0. The van der Waals surface area contributed by atoms with Crippen LogP contribution in [0.5, 0.6) is 11.5 Å². The van der Waals surface area contributed by atoms with Crippen LogP contribution < -0.4 is 9.47 Å². The fourth-order valence-electron chi connectivity index (χ4n) is 3.56. The standard InChI is InChI=1S/C25H24Cl2N2O2/c1-17(2)19-7-3-6-10-23(19)30-14-13-29-22-9-5-4-8-21(22)28-25(29)16-31-24-12-11-18(26)15-20(24)27/h3-12,15,17H,13-14,16H2,1-2H3. The maximum Gasteiger partial charge on any atom is 0.148 e. The molecule has 0 unspecified atom stereocenters. The lowest BCUT2D eigenvalue weighted by Gasteiger charge is -2.15. The zero-order valence-electron chi connectivity index (χ0n) is 17.5. The average molecular weight is 455 g/mol. The fourth-order valence-corrected chi connectivity index (χ4v) is 4.02. The molecule has 6 heteroatoms. The Morgan fingerprint density at radius 1 is 0.903 bits per heavy atom. The summed E-state index contributed by atoms with van der Waals surface area (Å²) in [6, 6.07) is 21.4. The zero-order valence-corrected chi connectivity index (χ0v) is 19.0. The molecular formula is C25H24Cl2N2O2. The molecule has 0 spiro atoms. The average Bonchev–Trinajstić information content (AvgIpc) is 3.11. The van der Waals surface area contributed by atoms with Gasteiger partial charge in [0.05, 0.1) is 22.6 Å². The summed E-state index contributed by atoms with van der Waals surface area (Å²) >= 11 is 12.2. The molecule has 0 radical (unpaired) electrons. The van der Waals surface area contributed by atoms with E-state index in [1.165, 1.54) is 5.56 Å². The molecule has 1 heterocycles. The van der Waals surface area contributed by atoms with Crippen LogP contribution in [0, 0.1) is 0 Å². The maximum absolute atomic E-state index is 6.25. The van der Waals surface area contributed by atoms with Crippen molar-refractivity contribution in [1.29, 1.82) is 0 Å². The molecule has 4 rings (SSSR count). The molecule has 0 saturated heterocycles. The molecule has 1 aromatic heterocycles. The summed E-state index contributed by atoms with van der Waals surface area (Å²) in [5, 5.41) is 1.05. The second-order valence-corrected chi connectivity index (χ2v) is 8.42. The zero-order chi connectivity index (χ0) is 21.8. The Morgan fingerprint density at radius 3 is 2.48 bits per heavy atom. The summed E-state index contributed by atoms with van der Waals surface area (Å²) in [4.78, 5) is 4.76. The summed E-state index contributed by atoms with van der Waals surface area (Å²) in [6.45, 7) is 5.81. The number of rotatable bonds is 8. The van der Waals surface area contributed by atoms with Crippen molar-refractivity contribution in [3.63, 3.8) is 0 Å². The number of hydrogen-bond donors (Lipinski definition) is 0. The monoisotopic (exact) mass is 454 g/mol. The first-order valence-corrected chi connectivity index (χ1v) is 11.0. The van der Waals surface area contributed by atoms with Crippen LogP contribution >= 0.6 is 23.2 Å². The molecule has 31 heavy (non-hydrogen) atoms. The van der Waals surface area contributed by atoms with E-state index in [2.05, 4.69) is 30.5 Å². The number of fused-ring (bicyclic) bond motifs is 1. The first-order valence-electron chi connectivity index (χ1n) is 10.3. The molecular weight excluding hydrogens is 431 g/mol. The molecule has 0 fully saturated rings. The van der Waals surface area contributed by atoms with Gasteiger partial charge in [0.1, 0.15) is 30.5 Å². The van der Waals surface area contributed by atoms with Crippen LogP contribution in [0.4, 0.5) is 0 Å². The van der Waals surface area contributed by atoms with Gasteiger partial charge in [-0.15, -0.1) is 0 Å². The molecule has 160 valence electrons. The van der Waals surface area contributed by atoms with E-state index in [9.17, 15) is 0 Å². The van der Waals surface area contributed by atoms with Gasteiger partial charge in [-0.05, 0) is 47.9 Å². The Balaban J connectivity index is 1.53. The molecule has 0 aliphatic rings. The first kappa shape index (κ1) is 21.5. The predicted octanol–water partition coefficient (Wildman–Crippen LogP) is 7.12. The maximum atomic E-state index is 6.25. The second-order valence-electron chi connectivity index (χ2n) is 7.57. The van der Waals surface area contributed by atoms with Crippen LogP contribution in [-0.4, -0.2) is 16.2 Å². The summed E-state index contributed by atoms with van der Waals surface area (Å²) in [6.07, 6.45) is 0. The quantitative estimate of drug-likeness (QED) is 0.284. The number of ether oxygens (including phenoxy) is 2. The highest BCUT2D eigenvalue weighted by Gasteiger charge is 2.13. The molecule has 0 saturated carbocycles. The van der Waals surface area contributed by atoms with Crippen molar-refractivity contribution in [3.05, 3.63) is 88.2 Å². The smallest absolute Gasteiger partial charge is 0.148 e. The van der Waals surface area contributed by atoms with Crippen molar-refractivity contribution in [3.8, 4) is 11.5 Å². The van der Waals surface area contributed by atoms with Crippen molar-refractivity contribution in [2.75, 3.05) is 6.61 Å². The number of hydrogen-bond acceptors (Lipinski definition) is 3. The van der Waals surface area contributed by atoms with Crippen molar-refractivity contribution in [2.24, 2.45) is 0 Å². The van der Waals surface area contributed by atoms with Crippen molar-refractivity contribution in [1.82, 2.24) is 9.55 Å². The van der Waals surface area contributed by atoms with E-state index in [1.54, 1.807) is 18.2 Å². The van der Waals surface area contributed by atoms with Gasteiger partial charge in [-0.25, -0.2) is 4.98 Å². The third-order valence-corrected chi connectivity index (χ3v) is 5.63. The van der Waals surface area contributed by atoms with Gasteiger partial charge < -0.3 is 14.0 Å². The number of para-hydroxylation sites is 3. The van der Waals surface area contributed by atoms with Crippen molar-refractivity contribution >= 4 is 34.2 Å². The number of benzene rings is 3. The fraction of sp³-hybridized carbons (Fsp3) is 0.240. The number of nitrogens with zero attached hydrogens (tertiary/aromatic N) is 2. The minimum absolute atomic E-state index is 0.290. The molecule has 0 atom stereocenters. The van der Waals surface area contributed by atoms with Crippen molar-refractivity contribution < 1.29 is 9.47 Å². The Morgan fingerprint density at radius 2 is 1.68 bits per heavy atom.